The third-order valence-corrected chi connectivity index (χ3v) is 2.21. The number of carbonyl (C=O) groups excluding carboxylic acids is 1. The topological polar surface area (TPSA) is 26.3 Å². The Bertz CT molecular complexity index is 337. The van der Waals surface area contributed by atoms with Gasteiger partial charge in [-0.25, -0.2) is 0 Å². The van der Waals surface area contributed by atoms with E-state index in [1.807, 2.05) is 0 Å². The largest absolute Gasteiger partial charge is 0.484 e. The molecule has 1 aromatic carbocycles. The summed E-state index contributed by atoms with van der Waals surface area (Å²) < 4.78 is 5.20. The fourth-order valence-corrected chi connectivity index (χ4v) is 1.32. The first kappa shape index (κ1) is 11.3. The van der Waals surface area contributed by atoms with Crippen molar-refractivity contribution in [1.82, 2.24) is 0 Å². The van der Waals surface area contributed by atoms with Gasteiger partial charge in [-0.15, -0.1) is 0 Å². The molecule has 0 bridgehead atoms. The fourth-order valence-electron chi connectivity index (χ4n) is 0.853. The standard InChI is InChI=1S/C10H10Cl2O2/c1-2-8(13)6-14-10-4-3-7(11)5-9(10)12/h3-5H,2,6H2,1H3. The molecule has 0 spiro atoms. The molecular weight excluding hydrogens is 223 g/mol. The molecule has 0 atom stereocenters. The van der Waals surface area contributed by atoms with Crippen molar-refractivity contribution >= 4 is 29.0 Å². The van der Waals surface area contributed by atoms with Crippen LogP contribution >= 0.6 is 23.2 Å². The number of hydrogen-bond donors (Lipinski definition) is 0. The van der Waals surface area contributed by atoms with E-state index in [2.05, 4.69) is 0 Å². The first-order valence-corrected chi connectivity index (χ1v) is 4.98. The zero-order valence-electron chi connectivity index (χ0n) is 7.72. The SMILES string of the molecule is CCC(=O)COc1ccc(Cl)cc1Cl. The van der Waals surface area contributed by atoms with E-state index in [1.54, 1.807) is 25.1 Å². The highest BCUT2D eigenvalue weighted by atomic mass is 35.5. The van der Waals surface area contributed by atoms with Gasteiger partial charge in [-0.2, -0.15) is 0 Å². The number of ketones is 1. The monoisotopic (exact) mass is 232 g/mol. The Morgan fingerprint density at radius 1 is 1.43 bits per heavy atom. The predicted molar refractivity (Wildman–Crippen MR) is 57.3 cm³/mol. The van der Waals surface area contributed by atoms with Crippen molar-refractivity contribution < 1.29 is 9.53 Å². The van der Waals surface area contributed by atoms with Gasteiger partial charge in [0, 0.05) is 11.4 Å². The molecule has 0 heterocycles. The van der Waals surface area contributed by atoms with Crippen molar-refractivity contribution in [2.75, 3.05) is 6.61 Å². The molecule has 0 saturated carbocycles. The molecule has 0 aliphatic carbocycles. The first-order chi connectivity index (χ1) is 6.63. The molecule has 0 radical (unpaired) electrons. The summed E-state index contributed by atoms with van der Waals surface area (Å²) in [5, 5.41) is 0.963. The molecule has 0 aromatic heterocycles. The smallest absolute Gasteiger partial charge is 0.169 e. The number of ether oxygens (including phenoxy) is 1. The summed E-state index contributed by atoms with van der Waals surface area (Å²) in [4.78, 5) is 11.0. The maximum absolute atomic E-state index is 11.0. The lowest BCUT2D eigenvalue weighted by molar-refractivity contribution is -0.120. The lowest BCUT2D eigenvalue weighted by Gasteiger charge is -2.06. The molecule has 0 fully saturated rings. The van der Waals surface area contributed by atoms with Gasteiger partial charge in [0.2, 0.25) is 0 Å². The zero-order valence-corrected chi connectivity index (χ0v) is 9.23. The van der Waals surface area contributed by atoms with E-state index < -0.39 is 0 Å². The van der Waals surface area contributed by atoms with Crippen molar-refractivity contribution in [3.8, 4) is 5.75 Å². The maximum Gasteiger partial charge on any atom is 0.169 e. The van der Waals surface area contributed by atoms with Crippen molar-refractivity contribution in [1.29, 1.82) is 0 Å². The second-order valence-corrected chi connectivity index (χ2v) is 3.60. The van der Waals surface area contributed by atoms with Gasteiger partial charge >= 0.3 is 0 Å². The minimum atomic E-state index is 0.0380. The van der Waals surface area contributed by atoms with Crippen LogP contribution in [0, 0.1) is 0 Å². The average molecular weight is 233 g/mol. The van der Waals surface area contributed by atoms with Crippen LogP contribution in [0.15, 0.2) is 18.2 Å². The van der Waals surface area contributed by atoms with Crippen molar-refractivity contribution in [2.45, 2.75) is 13.3 Å². The van der Waals surface area contributed by atoms with Crippen LogP contribution in [0.3, 0.4) is 0 Å². The first-order valence-electron chi connectivity index (χ1n) is 4.23. The van der Waals surface area contributed by atoms with Gasteiger partial charge in [0.25, 0.3) is 0 Å². The maximum atomic E-state index is 11.0. The van der Waals surface area contributed by atoms with Crippen LogP contribution < -0.4 is 4.74 Å². The second kappa shape index (κ2) is 5.23. The molecule has 0 aliphatic rings. The van der Waals surface area contributed by atoms with Crippen LogP contribution in [-0.2, 0) is 4.79 Å². The number of carbonyl (C=O) groups is 1. The molecule has 0 unspecified atom stereocenters. The molecule has 0 saturated heterocycles. The fraction of sp³-hybridized carbons (Fsp3) is 0.300. The Balaban J connectivity index is 2.63. The Morgan fingerprint density at radius 2 is 2.14 bits per heavy atom. The number of halogens is 2. The summed E-state index contributed by atoms with van der Waals surface area (Å²) in [6, 6.07) is 4.89. The lowest BCUT2D eigenvalue weighted by atomic mass is 10.3. The quantitative estimate of drug-likeness (QED) is 0.796. The normalized spacial score (nSPS) is 9.93. The Morgan fingerprint density at radius 3 is 2.71 bits per heavy atom. The van der Waals surface area contributed by atoms with Crippen LogP contribution in [0.4, 0.5) is 0 Å². The highest BCUT2D eigenvalue weighted by molar-refractivity contribution is 6.35. The van der Waals surface area contributed by atoms with Crippen molar-refractivity contribution in [3.05, 3.63) is 28.2 Å². The number of rotatable bonds is 4. The van der Waals surface area contributed by atoms with E-state index in [9.17, 15) is 4.79 Å². The molecule has 1 aromatic rings. The number of hydrogen-bond acceptors (Lipinski definition) is 2. The average Bonchev–Trinajstić information content (AvgIpc) is 2.16. The molecule has 1 rings (SSSR count). The highest BCUT2D eigenvalue weighted by Crippen LogP contribution is 2.27. The summed E-state index contributed by atoms with van der Waals surface area (Å²) in [6.45, 7) is 1.84. The summed E-state index contributed by atoms with van der Waals surface area (Å²) in [7, 11) is 0. The van der Waals surface area contributed by atoms with Crippen LogP contribution in [0.25, 0.3) is 0 Å². The second-order valence-electron chi connectivity index (χ2n) is 2.76. The predicted octanol–water partition coefficient (Wildman–Crippen LogP) is 3.35. The third kappa shape index (κ3) is 3.20. The minimum absolute atomic E-state index is 0.0380. The van der Waals surface area contributed by atoms with Gasteiger partial charge in [-0.05, 0) is 18.2 Å². The molecular formula is C10H10Cl2O2. The van der Waals surface area contributed by atoms with Crippen LogP contribution in [0.2, 0.25) is 10.0 Å². The molecule has 0 N–H and O–H groups in total. The molecule has 76 valence electrons. The van der Waals surface area contributed by atoms with Gasteiger partial charge < -0.3 is 4.74 Å². The summed E-state index contributed by atoms with van der Waals surface area (Å²) in [5.41, 5.74) is 0. The van der Waals surface area contributed by atoms with E-state index in [0.29, 0.717) is 22.2 Å². The molecule has 0 amide bonds. The van der Waals surface area contributed by atoms with E-state index in [-0.39, 0.29) is 12.4 Å². The van der Waals surface area contributed by atoms with Crippen molar-refractivity contribution in [2.24, 2.45) is 0 Å². The number of Topliss-reactive ketones (excluding diaryl/α,β-unsaturated/α-hetero) is 1. The van der Waals surface area contributed by atoms with Crippen LogP contribution in [0.5, 0.6) is 5.75 Å². The summed E-state index contributed by atoms with van der Waals surface area (Å²) >= 11 is 11.5. The molecule has 4 heteroatoms. The Kier molecular flexibility index (Phi) is 4.23. The van der Waals surface area contributed by atoms with Crippen LogP contribution in [-0.4, -0.2) is 12.4 Å². The highest BCUT2D eigenvalue weighted by Gasteiger charge is 2.04. The van der Waals surface area contributed by atoms with Gasteiger partial charge in [0.15, 0.2) is 5.78 Å². The molecule has 14 heavy (non-hydrogen) atoms. The lowest BCUT2D eigenvalue weighted by Crippen LogP contribution is -2.09. The van der Waals surface area contributed by atoms with Gasteiger partial charge in [0.05, 0.1) is 5.02 Å². The Labute approximate surface area is 92.8 Å². The van der Waals surface area contributed by atoms with Crippen molar-refractivity contribution in [3.63, 3.8) is 0 Å². The van der Waals surface area contributed by atoms with Gasteiger partial charge in [-0.1, -0.05) is 30.1 Å². The van der Waals surface area contributed by atoms with Gasteiger partial charge in [0.1, 0.15) is 12.4 Å². The Hall–Kier alpha value is -0.730. The zero-order chi connectivity index (χ0) is 10.6. The van der Waals surface area contributed by atoms with E-state index in [1.165, 1.54) is 0 Å². The summed E-state index contributed by atoms with van der Waals surface area (Å²) in [5.74, 6) is 0.522. The molecule has 0 aliphatic heterocycles. The van der Waals surface area contributed by atoms with Crippen LogP contribution in [0.1, 0.15) is 13.3 Å². The number of benzene rings is 1. The van der Waals surface area contributed by atoms with E-state index in [0.717, 1.165) is 0 Å². The summed E-state index contributed by atoms with van der Waals surface area (Å²) in [6.07, 6.45) is 0.464. The third-order valence-electron chi connectivity index (χ3n) is 1.68. The molecule has 2 nitrogen and oxygen atoms in total. The van der Waals surface area contributed by atoms with Gasteiger partial charge in [-0.3, -0.25) is 4.79 Å². The van der Waals surface area contributed by atoms with E-state index >= 15 is 0 Å². The van der Waals surface area contributed by atoms with E-state index in [4.69, 9.17) is 27.9 Å². The minimum Gasteiger partial charge on any atom is -0.484 e.